The molecule has 6 heteroatoms. The highest BCUT2D eigenvalue weighted by atomic mass is 32.2. The Hall–Kier alpha value is -2.44. The molecule has 0 saturated carbocycles. The van der Waals surface area contributed by atoms with Gasteiger partial charge in [0.15, 0.2) is 0 Å². The fraction of sp³-hybridized carbons (Fsp3) is 0.250. The van der Waals surface area contributed by atoms with Crippen LogP contribution in [-0.2, 0) is 14.3 Å². The molecule has 0 N–H and O–H groups in total. The van der Waals surface area contributed by atoms with Crippen LogP contribution in [0.1, 0.15) is 29.9 Å². The molecule has 5 nitrogen and oxygen atoms in total. The Morgan fingerprint density at radius 2 is 1.69 bits per heavy atom. The van der Waals surface area contributed by atoms with Gasteiger partial charge >= 0.3 is 0 Å². The van der Waals surface area contributed by atoms with Gasteiger partial charge < -0.3 is 4.42 Å². The van der Waals surface area contributed by atoms with Crippen molar-refractivity contribution in [2.75, 3.05) is 6.61 Å². The van der Waals surface area contributed by atoms with Crippen molar-refractivity contribution in [2.45, 2.75) is 31.6 Å². The van der Waals surface area contributed by atoms with Crippen LogP contribution < -0.4 is 0 Å². The molecule has 0 fully saturated rings. The van der Waals surface area contributed by atoms with Gasteiger partial charge in [-0.25, -0.2) is 4.98 Å². The van der Waals surface area contributed by atoms with Crippen LogP contribution in [0.25, 0.3) is 11.5 Å². The number of oxazole rings is 1. The molecule has 0 aliphatic rings. The minimum absolute atomic E-state index is 0.00217. The lowest BCUT2D eigenvalue weighted by molar-refractivity contribution is 0.295. The van der Waals surface area contributed by atoms with Crippen LogP contribution in [-0.4, -0.2) is 20.0 Å². The summed E-state index contributed by atoms with van der Waals surface area (Å²) in [5, 5.41) is 0. The fourth-order valence-corrected chi connectivity index (χ4v) is 3.60. The molecule has 1 atom stereocenters. The van der Waals surface area contributed by atoms with Crippen molar-refractivity contribution in [3.63, 3.8) is 0 Å². The summed E-state index contributed by atoms with van der Waals surface area (Å²) >= 11 is 0. The molecule has 136 valence electrons. The van der Waals surface area contributed by atoms with Crippen LogP contribution in [0.3, 0.4) is 0 Å². The van der Waals surface area contributed by atoms with E-state index in [9.17, 15) is 8.42 Å². The Morgan fingerprint density at radius 3 is 2.35 bits per heavy atom. The van der Waals surface area contributed by atoms with Crippen LogP contribution in [0.4, 0.5) is 0 Å². The van der Waals surface area contributed by atoms with Crippen LogP contribution in [0.15, 0.2) is 63.9 Å². The van der Waals surface area contributed by atoms with Gasteiger partial charge in [-0.15, -0.1) is 0 Å². The summed E-state index contributed by atoms with van der Waals surface area (Å²) in [4.78, 5) is 4.67. The van der Waals surface area contributed by atoms with Crippen LogP contribution in [0.5, 0.6) is 0 Å². The third kappa shape index (κ3) is 4.03. The van der Waals surface area contributed by atoms with E-state index >= 15 is 0 Å². The number of aryl methyl sites for hydroxylation is 2. The summed E-state index contributed by atoms with van der Waals surface area (Å²) in [6, 6.07) is 16.2. The lowest BCUT2D eigenvalue weighted by Gasteiger charge is -2.10. The molecule has 3 rings (SSSR count). The zero-order valence-corrected chi connectivity index (χ0v) is 15.8. The molecule has 2 aromatic carbocycles. The van der Waals surface area contributed by atoms with Gasteiger partial charge in [0, 0.05) is 11.5 Å². The van der Waals surface area contributed by atoms with E-state index in [1.54, 1.807) is 24.3 Å². The first kappa shape index (κ1) is 18.4. The molecule has 3 aromatic rings. The molecule has 0 amide bonds. The van der Waals surface area contributed by atoms with Crippen molar-refractivity contribution in [1.82, 2.24) is 4.98 Å². The molecule has 0 aliphatic heterocycles. The number of aromatic nitrogens is 1. The first-order valence-electron chi connectivity index (χ1n) is 8.35. The number of hydrogen-bond donors (Lipinski definition) is 0. The Balaban J connectivity index is 1.73. The highest BCUT2D eigenvalue weighted by molar-refractivity contribution is 7.86. The largest absolute Gasteiger partial charge is 0.441 e. The lowest BCUT2D eigenvalue weighted by atomic mass is 10.1. The Kier molecular flexibility index (Phi) is 5.25. The molecule has 1 unspecified atom stereocenters. The first-order valence-corrected chi connectivity index (χ1v) is 9.76. The van der Waals surface area contributed by atoms with Gasteiger partial charge in [-0.3, -0.25) is 4.18 Å². The summed E-state index contributed by atoms with van der Waals surface area (Å²) in [7, 11) is -3.80. The van der Waals surface area contributed by atoms with Crippen molar-refractivity contribution in [2.24, 2.45) is 0 Å². The maximum atomic E-state index is 12.3. The van der Waals surface area contributed by atoms with Gasteiger partial charge in [0.05, 0.1) is 17.2 Å². The van der Waals surface area contributed by atoms with E-state index in [1.165, 1.54) is 0 Å². The molecule has 0 aliphatic carbocycles. The maximum absolute atomic E-state index is 12.3. The fourth-order valence-electron chi connectivity index (χ4n) is 2.61. The number of nitrogens with zero attached hydrogens (tertiary/aromatic N) is 1. The summed E-state index contributed by atoms with van der Waals surface area (Å²) < 4.78 is 35.6. The van der Waals surface area contributed by atoms with E-state index in [0.29, 0.717) is 17.3 Å². The minimum Gasteiger partial charge on any atom is -0.441 e. The van der Waals surface area contributed by atoms with E-state index in [0.717, 1.165) is 11.1 Å². The first-order chi connectivity index (χ1) is 12.4. The molecular weight excluding hydrogens is 350 g/mol. The van der Waals surface area contributed by atoms with Gasteiger partial charge in [-0.05, 0) is 38.1 Å². The minimum atomic E-state index is -3.80. The van der Waals surface area contributed by atoms with Crippen molar-refractivity contribution in [1.29, 1.82) is 0 Å². The number of rotatable bonds is 6. The zero-order valence-electron chi connectivity index (χ0n) is 15.0. The summed E-state index contributed by atoms with van der Waals surface area (Å²) in [5.41, 5.74) is 2.56. The topological polar surface area (TPSA) is 69.4 Å². The number of benzene rings is 2. The molecule has 0 saturated heterocycles. The van der Waals surface area contributed by atoms with Crippen molar-refractivity contribution >= 4 is 10.1 Å². The molecule has 0 radical (unpaired) electrons. The Bertz CT molecular complexity index is 976. The molecule has 0 bridgehead atoms. The average molecular weight is 371 g/mol. The maximum Gasteiger partial charge on any atom is 0.296 e. The second kappa shape index (κ2) is 7.43. The van der Waals surface area contributed by atoms with Gasteiger partial charge in [0.25, 0.3) is 10.1 Å². The monoisotopic (exact) mass is 371 g/mol. The lowest BCUT2D eigenvalue weighted by Crippen LogP contribution is -2.12. The van der Waals surface area contributed by atoms with Gasteiger partial charge in [-0.2, -0.15) is 8.42 Å². The standard InChI is InChI=1S/C20H21NO4S/c1-14-9-11-18(12-10-14)26(22,23)24-13-15(2)19-16(3)25-20(21-19)17-7-5-4-6-8-17/h4-12,15H,13H2,1-3H3. The zero-order chi connectivity index (χ0) is 18.7. The van der Waals surface area contributed by atoms with E-state index in [4.69, 9.17) is 8.60 Å². The second-order valence-electron chi connectivity index (χ2n) is 6.28. The predicted octanol–water partition coefficient (Wildman–Crippen LogP) is 4.47. The molecule has 1 heterocycles. The van der Waals surface area contributed by atoms with Gasteiger partial charge in [0.1, 0.15) is 5.76 Å². The Morgan fingerprint density at radius 1 is 1.04 bits per heavy atom. The predicted molar refractivity (Wildman–Crippen MR) is 99.4 cm³/mol. The van der Waals surface area contributed by atoms with Crippen LogP contribution in [0, 0.1) is 13.8 Å². The van der Waals surface area contributed by atoms with Crippen LogP contribution >= 0.6 is 0 Å². The quantitative estimate of drug-likeness (QED) is 0.598. The summed E-state index contributed by atoms with van der Waals surface area (Å²) in [6.07, 6.45) is 0. The van der Waals surface area contributed by atoms with E-state index in [2.05, 4.69) is 4.98 Å². The highest BCUT2D eigenvalue weighted by Crippen LogP contribution is 2.27. The SMILES string of the molecule is Cc1ccc(S(=O)(=O)OCC(C)c2nc(-c3ccccc3)oc2C)cc1. The van der Waals surface area contributed by atoms with E-state index < -0.39 is 10.1 Å². The summed E-state index contributed by atoms with van der Waals surface area (Å²) in [6.45, 7) is 5.58. The average Bonchev–Trinajstić information content (AvgIpc) is 3.03. The van der Waals surface area contributed by atoms with Gasteiger partial charge in [0.2, 0.25) is 5.89 Å². The normalized spacial score (nSPS) is 12.9. The second-order valence-corrected chi connectivity index (χ2v) is 7.89. The van der Waals surface area contributed by atoms with Crippen molar-refractivity contribution < 1.29 is 17.0 Å². The molecular formula is C20H21NO4S. The molecule has 1 aromatic heterocycles. The van der Waals surface area contributed by atoms with Gasteiger partial charge in [-0.1, -0.05) is 42.8 Å². The molecule has 26 heavy (non-hydrogen) atoms. The van der Waals surface area contributed by atoms with Crippen molar-refractivity contribution in [3.8, 4) is 11.5 Å². The summed E-state index contributed by atoms with van der Waals surface area (Å²) in [5.74, 6) is 0.954. The van der Waals surface area contributed by atoms with E-state index in [1.807, 2.05) is 51.1 Å². The smallest absolute Gasteiger partial charge is 0.296 e. The third-order valence-corrected chi connectivity index (χ3v) is 5.40. The molecule has 0 spiro atoms. The van der Waals surface area contributed by atoms with Crippen LogP contribution in [0.2, 0.25) is 0 Å². The number of hydrogen-bond acceptors (Lipinski definition) is 5. The van der Waals surface area contributed by atoms with Crippen molar-refractivity contribution in [3.05, 3.63) is 71.6 Å². The van der Waals surface area contributed by atoms with E-state index in [-0.39, 0.29) is 17.4 Å². The highest BCUT2D eigenvalue weighted by Gasteiger charge is 2.21. The third-order valence-electron chi connectivity index (χ3n) is 4.10. The Labute approximate surface area is 153 Å².